The van der Waals surface area contributed by atoms with Gasteiger partial charge in [0.05, 0.1) is 5.75 Å². The highest BCUT2D eigenvalue weighted by Crippen LogP contribution is 2.11. The standard InChI is InChI=1S/C10H14ClN5S/c1-4-6-17-7-5-12-9-13-8(11)14-10(15-9)16(2)3/h1H,5-7H2,2-3H3,(H,12,13,14,15). The Bertz CT molecular complexity index is 404. The predicted molar refractivity (Wildman–Crippen MR) is 73.8 cm³/mol. The minimum Gasteiger partial charge on any atom is -0.353 e. The third-order valence-electron chi connectivity index (χ3n) is 1.71. The Labute approximate surface area is 110 Å². The van der Waals surface area contributed by atoms with E-state index in [9.17, 15) is 0 Å². The zero-order valence-electron chi connectivity index (χ0n) is 9.77. The van der Waals surface area contributed by atoms with E-state index in [0.29, 0.717) is 17.6 Å². The summed E-state index contributed by atoms with van der Waals surface area (Å²) in [6.45, 7) is 0.736. The smallest absolute Gasteiger partial charge is 0.230 e. The molecule has 0 amide bonds. The molecule has 5 nitrogen and oxygen atoms in total. The van der Waals surface area contributed by atoms with E-state index < -0.39 is 0 Å². The van der Waals surface area contributed by atoms with Crippen molar-refractivity contribution in [3.8, 4) is 12.3 Å². The first-order valence-electron chi connectivity index (χ1n) is 4.97. The van der Waals surface area contributed by atoms with Gasteiger partial charge in [-0.1, -0.05) is 5.92 Å². The first-order valence-corrected chi connectivity index (χ1v) is 6.50. The maximum Gasteiger partial charge on any atom is 0.230 e. The zero-order chi connectivity index (χ0) is 12.7. The van der Waals surface area contributed by atoms with Crippen LogP contribution in [0.15, 0.2) is 0 Å². The second-order valence-electron chi connectivity index (χ2n) is 3.31. The van der Waals surface area contributed by atoms with Crippen molar-refractivity contribution >= 4 is 35.3 Å². The summed E-state index contributed by atoms with van der Waals surface area (Å²) in [7, 11) is 3.69. The quantitative estimate of drug-likeness (QED) is 0.623. The lowest BCUT2D eigenvalue weighted by molar-refractivity contribution is 0.949. The Balaban J connectivity index is 2.50. The fourth-order valence-corrected chi connectivity index (χ4v) is 1.65. The Hall–Kier alpha value is -1.19. The molecule has 0 bridgehead atoms. The molecule has 0 aliphatic heterocycles. The summed E-state index contributed by atoms with van der Waals surface area (Å²) in [4.78, 5) is 14.0. The van der Waals surface area contributed by atoms with Crippen molar-refractivity contribution in [3.63, 3.8) is 0 Å². The molecule has 7 heteroatoms. The minimum absolute atomic E-state index is 0.183. The Morgan fingerprint density at radius 1 is 1.41 bits per heavy atom. The van der Waals surface area contributed by atoms with Crippen LogP contribution >= 0.6 is 23.4 Å². The van der Waals surface area contributed by atoms with Crippen LogP contribution in [0.5, 0.6) is 0 Å². The molecule has 0 saturated carbocycles. The number of thioether (sulfide) groups is 1. The molecule has 0 spiro atoms. The van der Waals surface area contributed by atoms with Gasteiger partial charge in [-0.05, 0) is 11.6 Å². The Kier molecular flexibility index (Phi) is 5.87. The number of nitrogens with one attached hydrogen (secondary N) is 1. The second kappa shape index (κ2) is 7.20. The van der Waals surface area contributed by atoms with E-state index in [2.05, 4.69) is 26.2 Å². The van der Waals surface area contributed by atoms with Crippen LogP contribution in [0, 0.1) is 12.3 Å². The SMILES string of the molecule is C#CCSCCNc1nc(Cl)nc(N(C)C)n1. The highest BCUT2D eigenvalue weighted by atomic mass is 35.5. The van der Waals surface area contributed by atoms with Gasteiger partial charge in [0.2, 0.25) is 17.2 Å². The fraction of sp³-hybridized carbons (Fsp3) is 0.500. The van der Waals surface area contributed by atoms with Crippen molar-refractivity contribution in [2.45, 2.75) is 0 Å². The summed E-state index contributed by atoms with van der Waals surface area (Å²) in [5.74, 6) is 5.18. The molecule has 1 N–H and O–H groups in total. The lowest BCUT2D eigenvalue weighted by Crippen LogP contribution is -2.16. The third kappa shape index (κ3) is 5.11. The van der Waals surface area contributed by atoms with E-state index in [-0.39, 0.29) is 5.28 Å². The number of hydrogen-bond acceptors (Lipinski definition) is 6. The highest BCUT2D eigenvalue weighted by Gasteiger charge is 2.05. The largest absolute Gasteiger partial charge is 0.353 e. The van der Waals surface area contributed by atoms with Gasteiger partial charge in [0.1, 0.15) is 0 Å². The van der Waals surface area contributed by atoms with Gasteiger partial charge in [0.15, 0.2) is 0 Å². The summed E-state index contributed by atoms with van der Waals surface area (Å²) in [5.41, 5.74) is 0. The molecule has 0 aromatic carbocycles. The first kappa shape index (κ1) is 13.9. The number of hydrogen-bond donors (Lipinski definition) is 1. The molecule has 0 atom stereocenters. The van der Waals surface area contributed by atoms with Gasteiger partial charge < -0.3 is 10.2 Å². The second-order valence-corrected chi connectivity index (χ2v) is 4.75. The van der Waals surface area contributed by atoms with Crippen molar-refractivity contribution in [1.29, 1.82) is 0 Å². The molecule has 0 aliphatic carbocycles. The van der Waals surface area contributed by atoms with Gasteiger partial charge in [-0.3, -0.25) is 0 Å². The van der Waals surface area contributed by atoms with E-state index in [1.807, 2.05) is 14.1 Å². The number of nitrogens with zero attached hydrogens (tertiary/aromatic N) is 4. The van der Waals surface area contributed by atoms with Crippen molar-refractivity contribution in [2.75, 3.05) is 42.4 Å². The number of aromatic nitrogens is 3. The number of terminal acetylenes is 1. The van der Waals surface area contributed by atoms with Gasteiger partial charge in [-0.2, -0.15) is 15.0 Å². The van der Waals surface area contributed by atoms with Crippen LogP contribution in [0.1, 0.15) is 0 Å². The van der Waals surface area contributed by atoms with E-state index in [1.54, 1.807) is 16.7 Å². The van der Waals surface area contributed by atoms with Gasteiger partial charge >= 0.3 is 0 Å². The summed E-state index contributed by atoms with van der Waals surface area (Å²) < 4.78 is 0. The number of anilines is 2. The van der Waals surface area contributed by atoms with Crippen molar-refractivity contribution in [1.82, 2.24) is 15.0 Å². The number of rotatable bonds is 6. The Morgan fingerprint density at radius 3 is 2.82 bits per heavy atom. The maximum absolute atomic E-state index is 5.80. The van der Waals surface area contributed by atoms with Crippen molar-refractivity contribution in [3.05, 3.63) is 5.28 Å². The normalized spacial score (nSPS) is 9.76. The average Bonchev–Trinajstić information content (AvgIpc) is 2.28. The molecule has 0 saturated heterocycles. The van der Waals surface area contributed by atoms with Crippen LogP contribution < -0.4 is 10.2 Å². The third-order valence-corrected chi connectivity index (χ3v) is 2.74. The monoisotopic (exact) mass is 271 g/mol. The lowest BCUT2D eigenvalue weighted by atomic mass is 10.7. The van der Waals surface area contributed by atoms with Crippen LogP contribution in [0.2, 0.25) is 5.28 Å². The van der Waals surface area contributed by atoms with E-state index in [1.165, 1.54) is 0 Å². The fourth-order valence-electron chi connectivity index (χ4n) is 0.985. The molecule has 1 aromatic heterocycles. The molecule has 0 unspecified atom stereocenters. The summed E-state index contributed by atoms with van der Waals surface area (Å²) >= 11 is 7.47. The van der Waals surface area contributed by atoms with Gasteiger partial charge in [-0.25, -0.2) is 0 Å². The van der Waals surface area contributed by atoms with Crippen LogP contribution in [0.4, 0.5) is 11.9 Å². The van der Waals surface area contributed by atoms with E-state index >= 15 is 0 Å². The molecule has 17 heavy (non-hydrogen) atoms. The molecule has 1 aromatic rings. The molecule has 0 radical (unpaired) electrons. The minimum atomic E-state index is 0.183. The lowest BCUT2D eigenvalue weighted by Gasteiger charge is -2.11. The summed E-state index contributed by atoms with van der Waals surface area (Å²) in [6, 6.07) is 0. The van der Waals surface area contributed by atoms with E-state index in [4.69, 9.17) is 18.0 Å². The van der Waals surface area contributed by atoms with Gasteiger partial charge in [0, 0.05) is 26.4 Å². The molecular formula is C10H14ClN5S. The van der Waals surface area contributed by atoms with E-state index in [0.717, 1.165) is 12.3 Å². The molecule has 1 heterocycles. The van der Waals surface area contributed by atoms with Gasteiger partial charge in [0.25, 0.3) is 0 Å². The topological polar surface area (TPSA) is 53.9 Å². The zero-order valence-corrected chi connectivity index (χ0v) is 11.3. The number of halogens is 1. The first-order chi connectivity index (χ1) is 8.13. The van der Waals surface area contributed by atoms with Crippen LogP contribution in [-0.2, 0) is 0 Å². The molecule has 92 valence electrons. The average molecular weight is 272 g/mol. The van der Waals surface area contributed by atoms with Crippen molar-refractivity contribution in [2.24, 2.45) is 0 Å². The predicted octanol–water partition coefficient (Wildman–Crippen LogP) is 1.37. The Morgan fingerprint density at radius 2 is 2.18 bits per heavy atom. The molecule has 1 rings (SSSR count). The highest BCUT2D eigenvalue weighted by molar-refractivity contribution is 7.99. The molecular weight excluding hydrogens is 258 g/mol. The molecule has 0 fully saturated rings. The van der Waals surface area contributed by atoms with Crippen molar-refractivity contribution < 1.29 is 0 Å². The molecule has 0 aliphatic rings. The van der Waals surface area contributed by atoms with Crippen LogP contribution in [0.3, 0.4) is 0 Å². The summed E-state index contributed by atoms with van der Waals surface area (Å²) in [6.07, 6.45) is 5.15. The summed E-state index contributed by atoms with van der Waals surface area (Å²) in [5, 5.41) is 3.26. The van der Waals surface area contributed by atoms with Gasteiger partial charge in [-0.15, -0.1) is 18.2 Å². The van der Waals surface area contributed by atoms with Crippen LogP contribution in [-0.4, -0.2) is 47.1 Å². The van der Waals surface area contributed by atoms with Crippen LogP contribution in [0.25, 0.3) is 0 Å². The maximum atomic E-state index is 5.80.